The maximum absolute atomic E-state index is 13.6. The van der Waals surface area contributed by atoms with Crippen molar-refractivity contribution in [2.75, 3.05) is 7.11 Å². The van der Waals surface area contributed by atoms with Crippen LogP contribution in [0.25, 0.3) is 16.6 Å². The van der Waals surface area contributed by atoms with Crippen LogP contribution in [0.15, 0.2) is 89.5 Å². The van der Waals surface area contributed by atoms with Gasteiger partial charge in [-0.1, -0.05) is 61.4 Å². The highest BCUT2D eigenvalue weighted by Gasteiger charge is 2.24. The number of carbonyl (C=O) groups excluding carboxylic acids is 3. The highest BCUT2D eigenvalue weighted by Crippen LogP contribution is 2.25. The SMILES string of the molecule is CCC[C@@H](NC(=O)C(=O)/C(C)=C\C(=C\C(=O)O)C(=O)/C(=C\C=C\Cl)c1nc2ccc(OC)cc2[nH]1)c1ccccc1. The molecule has 0 radical (unpaired) electrons. The Morgan fingerprint density at radius 2 is 1.83 bits per heavy atom. The number of imidazole rings is 1. The number of fused-ring (bicyclic) bond motifs is 1. The number of aromatic amines is 1. The maximum Gasteiger partial charge on any atom is 0.329 e. The first kappa shape index (κ1) is 30.8. The summed E-state index contributed by atoms with van der Waals surface area (Å²) < 4.78 is 5.23. The quantitative estimate of drug-likeness (QED) is 0.140. The number of amides is 1. The van der Waals surface area contributed by atoms with Gasteiger partial charge in [-0.15, -0.1) is 0 Å². The number of aromatic nitrogens is 2. The van der Waals surface area contributed by atoms with Gasteiger partial charge in [0.25, 0.3) is 5.91 Å². The van der Waals surface area contributed by atoms with Crippen molar-refractivity contribution in [2.24, 2.45) is 0 Å². The molecule has 1 aromatic heterocycles. The van der Waals surface area contributed by atoms with Crippen LogP contribution in [0.2, 0.25) is 0 Å². The second kappa shape index (κ2) is 14.6. The summed E-state index contributed by atoms with van der Waals surface area (Å²) in [6, 6.07) is 14.0. The number of carboxylic acids is 1. The number of aliphatic carboxylic acids is 1. The molecule has 212 valence electrons. The van der Waals surface area contributed by atoms with Gasteiger partial charge in [0.15, 0.2) is 5.78 Å². The fourth-order valence-corrected chi connectivity index (χ4v) is 4.17. The lowest BCUT2D eigenvalue weighted by molar-refractivity contribution is -0.136. The number of methoxy groups -OCH3 is 1. The monoisotopic (exact) mass is 575 g/mol. The molecular formula is C31H30ClN3O6. The fraction of sp³-hybridized carbons (Fsp3) is 0.194. The standard InChI is InChI=1S/C31H30ClN3O6/c1-4-9-24(20-10-6-5-7-11-20)35-31(40)28(38)19(2)16-21(17-27(36)37)29(39)23(12-8-15-32)30-33-25-14-13-22(41-3)18-26(25)34-30/h5-8,10-18,24H,4,9H2,1-3H3,(H,33,34)(H,35,40)(H,36,37)/b15-8+,19-16-,21-17-,23-12+/t24-/m1/s1. The molecule has 2 aromatic carbocycles. The lowest BCUT2D eigenvalue weighted by atomic mass is 9.98. The normalized spacial score (nSPS) is 13.3. The van der Waals surface area contributed by atoms with E-state index in [0.29, 0.717) is 29.3 Å². The van der Waals surface area contributed by atoms with Gasteiger partial charge in [0.1, 0.15) is 11.6 Å². The number of benzene rings is 2. The second-order valence-corrected chi connectivity index (χ2v) is 9.27. The van der Waals surface area contributed by atoms with Crippen molar-refractivity contribution in [3.8, 4) is 5.75 Å². The summed E-state index contributed by atoms with van der Waals surface area (Å²) in [5.74, 6) is -3.22. The maximum atomic E-state index is 13.6. The van der Waals surface area contributed by atoms with Crippen LogP contribution in [0.5, 0.6) is 5.75 Å². The molecule has 3 rings (SSSR count). The molecule has 1 amide bonds. The van der Waals surface area contributed by atoms with Crippen LogP contribution in [0.3, 0.4) is 0 Å². The summed E-state index contributed by atoms with van der Waals surface area (Å²) >= 11 is 5.70. The molecule has 41 heavy (non-hydrogen) atoms. The summed E-state index contributed by atoms with van der Waals surface area (Å²) in [6.07, 6.45) is 5.88. The molecule has 1 heterocycles. The van der Waals surface area contributed by atoms with Crippen LogP contribution in [0.1, 0.15) is 44.1 Å². The first-order valence-electron chi connectivity index (χ1n) is 12.8. The van der Waals surface area contributed by atoms with E-state index in [1.54, 1.807) is 18.2 Å². The lowest BCUT2D eigenvalue weighted by Gasteiger charge is -2.18. The topological polar surface area (TPSA) is 138 Å². The molecule has 0 saturated heterocycles. The molecule has 0 aliphatic carbocycles. The predicted octanol–water partition coefficient (Wildman–Crippen LogP) is 5.46. The van der Waals surface area contributed by atoms with Crippen LogP contribution in [-0.4, -0.2) is 45.6 Å². The number of ketones is 2. The van der Waals surface area contributed by atoms with Crippen LogP contribution in [-0.2, 0) is 19.2 Å². The molecular weight excluding hydrogens is 546 g/mol. The Morgan fingerprint density at radius 1 is 1.10 bits per heavy atom. The van der Waals surface area contributed by atoms with Crippen LogP contribution in [0.4, 0.5) is 0 Å². The molecule has 0 aliphatic heterocycles. The average molecular weight is 576 g/mol. The molecule has 9 nitrogen and oxygen atoms in total. The van der Waals surface area contributed by atoms with Gasteiger partial charge in [0.05, 0.1) is 29.8 Å². The van der Waals surface area contributed by atoms with Gasteiger partial charge < -0.3 is 20.1 Å². The molecule has 0 unspecified atom stereocenters. The van der Waals surface area contributed by atoms with Crippen LogP contribution < -0.4 is 10.1 Å². The van der Waals surface area contributed by atoms with E-state index in [-0.39, 0.29) is 28.6 Å². The van der Waals surface area contributed by atoms with Crippen molar-refractivity contribution in [3.05, 3.63) is 101 Å². The van der Waals surface area contributed by atoms with Gasteiger partial charge in [0.2, 0.25) is 5.78 Å². The van der Waals surface area contributed by atoms with E-state index in [2.05, 4.69) is 15.3 Å². The minimum Gasteiger partial charge on any atom is -0.497 e. The van der Waals surface area contributed by atoms with Crippen LogP contribution in [0, 0.1) is 0 Å². The predicted molar refractivity (Wildman–Crippen MR) is 157 cm³/mol. The number of nitrogens with one attached hydrogen (secondary N) is 2. The molecule has 0 aliphatic rings. The number of Topliss-reactive ketones (excluding diaryl/α,β-unsaturated/α-hetero) is 2. The summed E-state index contributed by atoms with van der Waals surface area (Å²) in [5.41, 5.74) is 2.67. The minimum atomic E-state index is -1.41. The summed E-state index contributed by atoms with van der Waals surface area (Å²) in [6.45, 7) is 3.31. The van der Waals surface area contributed by atoms with Crippen molar-refractivity contribution >= 4 is 51.7 Å². The molecule has 10 heteroatoms. The van der Waals surface area contributed by atoms with Gasteiger partial charge in [-0.2, -0.15) is 0 Å². The third kappa shape index (κ3) is 8.12. The lowest BCUT2D eigenvalue weighted by Crippen LogP contribution is -2.34. The van der Waals surface area contributed by atoms with E-state index in [9.17, 15) is 24.3 Å². The van der Waals surface area contributed by atoms with E-state index < -0.39 is 23.4 Å². The third-order valence-corrected chi connectivity index (χ3v) is 6.23. The highest BCUT2D eigenvalue weighted by atomic mass is 35.5. The molecule has 0 fully saturated rings. The zero-order valence-corrected chi connectivity index (χ0v) is 23.6. The number of rotatable bonds is 13. The largest absolute Gasteiger partial charge is 0.497 e. The molecule has 0 saturated carbocycles. The molecule has 0 bridgehead atoms. The van der Waals surface area contributed by atoms with Crippen molar-refractivity contribution in [1.82, 2.24) is 15.3 Å². The molecule has 1 atom stereocenters. The van der Waals surface area contributed by atoms with E-state index >= 15 is 0 Å². The van der Waals surface area contributed by atoms with E-state index in [0.717, 1.165) is 18.1 Å². The Morgan fingerprint density at radius 3 is 2.46 bits per heavy atom. The summed E-state index contributed by atoms with van der Waals surface area (Å²) in [4.78, 5) is 58.6. The zero-order chi connectivity index (χ0) is 29.9. The fourth-order valence-electron chi connectivity index (χ4n) is 4.10. The number of halogens is 1. The first-order valence-corrected chi connectivity index (χ1v) is 13.2. The van der Waals surface area contributed by atoms with Gasteiger partial charge in [-0.25, -0.2) is 9.78 Å². The smallest absolute Gasteiger partial charge is 0.329 e. The number of nitrogens with zero attached hydrogens (tertiary/aromatic N) is 1. The second-order valence-electron chi connectivity index (χ2n) is 9.02. The Kier molecular flexibility index (Phi) is 10.9. The van der Waals surface area contributed by atoms with E-state index in [4.69, 9.17) is 16.3 Å². The van der Waals surface area contributed by atoms with Gasteiger partial charge in [0, 0.05) is 28.8 Å². The number of carboxylic acid groups (broad SMARTS) is 1. The molecule has 0 spiro atoms. The number of ether oxygens (including phenoxy) is 1. The number of hydrogen-bond acceptors (Lipinski definition) is 6. The van der Waals surface area contributed by atoms with E-state index in [1.807, 2.05) is 37.3 Å². The van der Waals surface area contributed by atoms with E-state index in [1.165, 1.54) is 31.7 Å². The number of hydrogen-bond donors (Lipinski definition) is 3. The highest BCUT2D eigenvalue weighted by molar-refractivity contribution is 6.43. The minimum absolute atomic E-state index is 0.0161. The number of H-pyrrole nitrogens is 1. The zero-order valence-electron chi connectivity index (χ0n) is 22.8. The van der Waals surface area contributed by atoms with Crippen molar-refractivity contribution in [1.29, 1.82) is 0 Å². The number of allylic oxidation sites excluding steroid dienone is 5. The van der Waals surface area contributed by atoms with Gasteiger partial charge in [-0.05, 0) is 43.2 Å². The third-order valence-electron chi connectivity index (χ3n) is 6.09. The van der Waals surface area contributed by atoms with Crippen molar-refractivity contribution < 1.29 is 29.0 Å². The van der Waals surface area contributed by atoms with Gasteiger partial charge >= 0.3 is 5.97 Å². The Balaban J connectivity index is 1.94. The Bertz CT molecular complexity index is 1570. The number of carbonyl (C=O) groups is 4. The van der Waals surface area contributed by atoms with Crippen LogP contribution >= 0.6 is 11.6 Å². The average Bonchev–Trinajstić information content (AvgIpc) is 3.39. The summed E-state index contributed by atoms with van der Waals surface area (Å²) in [7, 11) is 1.52. The van der Waals surface area contributed by atoms with Gasteiger partial charge in [-0.3, -0.25) is 14.4 Å². The molecule has 3 aromatic rings. The Labute approximate surface area is 242 Å². The van der Waals surface area contributed by atoms with Crippen molar-refractivity contribution in [3.63, 3.8) is 0 Å². The molecule has 3 N–H and O–H groups in total. The first-order chi connectivity index (χ1) is 19.7. The summed E-state index contributed by atoms with van der Waals surface area (Å²) in [5, 5.41) is 12.2. The Hall–Kier alpha value is -4.76. The van der Waals surface area contributed by atoms with Crippen molar-refractivity contribution in [2.45, 2.75) is 32.7 Å².